The Morgan fingerprint density at radius 3 is 0.827 bits per heavy atom. The lowest BCUT2D eigenvalue weighted by Crippen LogP contribution is -2.30. The van der Waals surface area contributed by atoms with Crippen molar-refractivity contribution in [1.82, 2.24) is 0 Å². The second-order valence-corrected chi connectivity index (χ2v) is 29.2. The number of carbonyl (C=O) groups is 4. The van der Waals surface area contributed by atoms with Crippen molar-refractivity contribution in [2.24, 2.45) is 0 Å². The first kappa shape index (κ1) is 94.5. The summed E-state index contributed by atoms with van der Waals surface area (Å²) in [5, 5.41) is 10.6. The maximum absolute atomic E-state index is 13.1. The summed E-state index contributed by atoms with van der Waals surface area (Å²) in [5.74, 6) is -2.19. The summed E-state index contributed by atoms with van der Waals surface area (Å²) in [5.41, 5.74) is 0. The number of aliphatic hydroxyl groups is 1. The van der Waals surface area contributed by atoms with Gasteiger partial charge in [-0.3, -0.25) is 37.3 Å². The normalized spacial score (nSPS) is 14.3. The first-order valence-corrected chi connectivity index (χ1v) is 42.2. The summed E-state index contributed by atoms with van der Waals surface area (Å²) in [6.45, 7) is 4.79. The fourth-order valence-electron chi connectivity index (χ4n) is 10.6. The van der Waals surface area contributed by atoms with Crippen molar-refractivity contribution in [3.63, 3.8) is 0 Å². The predicted molar refractivity (Wildman–Crippen MR) is 400 cm³/mol. The number of carbonyl (C=O) groups excluding carboxylic acids is 4. The third kappa shape index (κ3) is 70.9. The fraction of sp³-hybridized carbons (Fsp3) is 0.797. The minimum Gasteiger partial charge on any atom is -0.462 e. The lowest BCUT2D eigenvalue weighted by atomic mass is 10.0. The monoisotopic (exact) mass is 1420 g/mol. The van der Waals surface area contributed by atoms with Crippen LogP contribution in [-0.4, -0.2) is 96.7 Å². The van der Waals surface area contributed by atoms with Gasteiger partial charge in [-0.25, -0.2) is 9.13 Å². The number of ether oxygens (including phenoxy) is 4. The maximum Gasteiger partial charge on any atom is 0.472 e. The third-order valence-corrected chi connectivity index (χ3v) is 18.5. The van der Waals surface area contributed by atoms with E-state index in [0.29, 0.717) is 25.7 Å². The molecule has 0 bridgehead atoms. The Morgan fingerprint density at radius 1 is 0.286 bits per heavy atom. The van der Waals surface area contributed by atoms with Crippen molar-refractivity contribution in [2.75, 3.05) is 39.6 Å². The van der Waals surface area contributed by atoms with Crippen molar-refractivity contribution < 1.29 is 80.2 Å². The zero-order chi connectivity index (χ0) is 71.8. The molecule has 0 spiro atoms. The standard InChI is InChI=1S/C79H142O17P2/c1-5-9-13-17-21-25-29-32-34-35-36-37-39-41-45-48-52-56-60-64-77(82)90-70-75(96-79(84)66-62-58-54-50-46-42-38-33-30-26-22-18-14-10-6-2)72-94-98(87,88)92-68-73(80)67-91-97(85,86)93-71-74(95-78(83)65-61-57-53-49-43-28-24-20-16-12-8-4)69-89-76(81)63-59-55-51-47-44-40-31-27-23-19-15-11-7-3/h20-22,24-26,32-34,36-38,73-75,80H,5-19,23,27-31,35,39-72H2,1-4H3,(H,85,86)(H,87,88)/b24-20-,25-21-,26-22-,34-32-,37-36-,38-33-. The molecule has 0 radical (unpaired) electrons. The van der Waals surface area contributed by atoms with Gasteiger partial charge in [0.25, 0.3) is 0 Å². The number of hydrogen-bond donors (Lipinski definition) is 3. The largest absolute Gasteiger partial charge is 0.472 e. The molecule has 5 atom stereocenters. The minimum absolute atomic E-state index is 0.0781. The van der Waals surface area contributed by atoms with Crippen molar-refractivity contribution in [3.05, 3.63) is 72.9 Å². The summed E-state index contributed by atoms with van der Waals surface area (Å²) < 4.78 is 68.5. The van der Waals surface area contributed by atoms with Crippen molar-refractivity contribution in [3.8, 4) is 0 Å². The van der Waals surface area contributed by atoms with E-state index in [0.717, 1.165) is 161 Å². The number of phosphoric acid groups is 2. The van der Waals surface area contributed by atoms with Gasteiger partial charge in [-0.05, 0) is 116 Å². The average molecular weight is 1430 g/mol. The van der Waals surface area contributed by atoms with Crippen LogP contribution >= 0.6 is 15.6 Å². The van der Waals surface area contributed by atoms with Crippen LogP contribution in [0.25, 0.3) is 0 Å². The number of phosphoric ester groups is 2. The molecule has 17 nitrogen and oxygen atoms in total. The van der Waals surface area contributed by atoms with Crippen LogP contribution in [0.5, 0.6) is 0 Å². The molecule has 0 saturated carbocycles. The van der Waals surface area contributed by atoms with E-state index in [-0.39, 0.29) is 25.7 Å². The smallest absolute Gasteiger partial charge is 0.462 e. The van der Waals surface area contributed by atoms with Crippen molar-refractivity contribution in [1.29, 1.82) is 0 Å². The molecule has 19 heteroatoms. The van der Waals surface area contributed by atoms with Crippen LogP contribution < -0.4 is 0 Å². The second-order valence-electron chi connectivity index (χ2n) is 26.3. The molecule has 0 aromatic rings. The molecule has 0 aliphatic carbocycles. The first-order chi connectivity index (χ1) is 47.7. The molecule has 0 rings (SSSR count). The zero-order valence-corrected chi connectivity index (χ0v) is 64.0. The van der Waals surface area contributed by atoms with Gasteiger partial charge >= 0.3 is 39.5 Å². The van der Waals surface area contributed by atoms with E-state index in [9.17, 15) is 43.2 Å². The van der Waals surface area contributed by atoms with E-state index >= 15 is 0 Å². The third-order valence-electron chi connectivity index (χ3n) is 16.6. The van der Waals surface area contributed by atoms with Crippen molar-refractivity contribution >= 4 is 39.5 Å². The van der Waals surface area contributed by atoms with E-state index < -0.39 is 97.5 Å². The molecule has 5 unspecified atom stereocenters. The molecular formula is C79H142O17P2. The average Bonchev–Trinajstić information content (AvgIpc) is 0.981. The Morgan fingerprint density at radius 2 is 0.510 bits per heavy atom. The summed E-state index contributed by atoms with van der Waals surface area (Å²) in [6, 6.07) is 0. The van der Waals surface area contributed by atoms with Gasteiger partial charge in [-0.2, -0.15) is 0 Å². The van der Waals surface area contributed by atoms with Crippen LogP contribution in [0.1, 0.15) is 349 Å². The Labute approximate surface area is 596 Å². The van der Waals surface area contributed by atoms with Gasteiger partial charge in [0.1, 0.15) is 19.3 Å². The number of hydrogen-bond acceptors (Lipinski definition) is 15. The quantitative estimate of drug-likeness (QED) is 0.0169. The van der Waals surface area contributed by atoms with Crippen LogP contribution in [0.15, 0.2) is 72.9 Å². The van der Waals surface area contributed by atoms with E-state index in [4.69, 9.17) is 37.0 Å². The molecule has 0 aliphatic rings. The van der Waals surface area contributed by atoms with Gasteiger partial charge in [0.15, 0.2) is 12.2 Å². The summed E-state index contributed by atoms with van der Waals surface area (Å²) in [4.78, 5) is 72.8. The summed E-state index contributed by atoms with van der Waals surface area (Å²) in [7, 11) is -9.94. The molecule has 0 aliphatic heterocycles. The molecule has 0 aromatic carbocycles. The van der Waals surface area contributed by atoms with Crippen molar-refractivity contribution in [2.45, 2.75) is 367 Å². The SMILES string of the molecule is CCCC/C=C\CCCCCCCC(=O)OC(COC(=O)CCCCCCCCCCCCCCC)COP(=O)(O)OCC(O)COP(=O)(O)OCC(COC(=O)CCCCCCCC/C=C\C/C=C\C/C=C\CCCCC)OC(=O)CCCCCCC/C=C\C/C=C\CCCCC. The Balaban J connectivity index is 5.32. The lowest BCUT2D eigenvalue weighted by Gasteiger charge is -2.21. The van der Waals surface area contributed by atoms with Crippen LogP contribution in [0.3, 0.4) is 0 Å². The van der Waals surface area contributed by atoms with Gasteiger partial charge in [0.2, 0.25) is 0 Å². The topological polar surface area (TPSA) is 237 Å². The van der Waals surface area contributed by atoms with E-state index in [1.807, 2.05) is 0 Å². The van der Waals surface area contributed by atoms with Crippen LogP contribution in [0, 0.1) is 0 Å². The number of esters is 4. The molecule has 0 amide bonds. The summed E-state index contributed by atoms with van der Waals surface area (Å²) >= 11 is 0. The number of unbranched alkanes of at least 4 members (excludes halogenated alkanes) is 36. The molecular weight excluding hydrogens is 1280 g/mol. The van der Waals surface area contributed by atoms with E-state index in [1.165, 1.54) is 109 Å². The second kappa shape index (κ2) is 71.9. The highest BCUT2D eigenvalue weighted by Gasteiger charge is 2.30. The van der Waals surface area contributed by atoms with Gasteiger partial charge < -0.3 is 33.8 Å². The highest BCUT2D eigenvalue weighted by Crippen LogP contribution is 2.45. The first-order valence-electron chi connectivity index (χ1n) is 39.2. The van der Waals surface area contributed by atoms with Crippen LogP contribution in [0.2, 0.25) is 0 Å². The Hall–Kier alpha value is -3.50. The van der Waals surface area contributed by atoms with Gasteiger partial charge in [0, 0.05) is 25.7 Å². The summed E-state index contributed by atoms with van der Waals surface area (Å²) in [6.07, 6.45) is 71.7. The Bertz CT molecular complexity index is 2140. The Kier molecular flexibility index (Phi) is 69.3. The highest BCUT2D eigenvalue weighted by molar-refractivity contribution is 7.47. The molecule has 3 N–H and O–H groups in total. The predicted octanol–water partition coefficient (Wildman–Crippen LogP) is 22.4. The van der Waals surface area contributed by atoms with Crippen LogP contribution in [-0.2, 0) is 65.4 Å². The van der Waals surface area contributed by atoms with E-state index in [1.54, 1.807) is 0 Å². The molecule has 0 heterocycles. The van der Waals surface area contributed by atoms with Gasteiger partial charge in [-0.1, -0.05) is 280 Å². The zero-order valence-electron chi connectivity index (χ0n) is 62.2. The number of aliphatic hydroxyl groups excluding tert-OH is 1. The number of rotatable bonds is 74. The molecule has 570 valence electrons. The minimum atomic E-state index is -4.98. The molecule has 0 saturated heterocycles. The molecule has 0 fully saturated rings. The van der Waals surface area contributed by atoms with E-state index in [2.05, 4.69) is 101 Å². The molecule has 0 aromatic heterocycles. The highest BCUT2D eigenvalue weighted by atomic mass is 31.2. The molecule has 98 heavy (non-hydrogen) atoms. The van der Waals surface area contributed by atoms with Crippen LogP contribution in [0.4, 0.5) is 0 Å². The number of allylic oxidation sites excluding steroid dienone is 12. The maximum atomic E-state index is 13.1. The van der Waals surface area contributed by atoms with Gasteiger partial charge in [0.05, 0.1) is 26.4 Å². The van der Waals surface area contributed by atoms with Gasteiger partial charge in [-0.15, -0.1) is 0 Å². The lowest BCUT2D eigenvalue weighted by molar-refractivity contribution is -0.161. The fourth-order valence-corrected chi connectivity index (χ4v) is 12.2.